The van der Waals surface area contributed by atoms with E-state index in [1.807, 2.05) is 11.8 Å². The molecule has 0 heterocycles. The molecule has 0 aliphatic rings. The van der Waals surface area contributed by atoms with Crippen LogP contribution in [-0.4, -0.2) is 11.1 Å². The fourth-order valence-corrected chi connectivity index (χ4v) is 2.03. The highest BCUT2D eigenvalue weighted by Crippen LogP contribution is 2.23. The highest BCUT2D eigenvalue weighted by atomic mass is 32.2. The van der Waals surface area contributed by atoms with Crippen LogP contribution < -0.4 is 5.32 Å². The van der Waals surface area contributed by atoms with Gasteiger partial charge in [0.05, 0.1) is 5.88 Å². The van der Waals surface area contributed by atoms with Gasteiger partial charge in [-0.05, 0) is 24.3 Å². The third-order valence-corrected chi connectivity index (χ3v) is 2.68. The van der Waals surface area contributed by atoms with E-state index in [-0.39, 0.29) is 0 Å². The molecule has 1 nitrogen and oxygen atoms in total. The number of anilines is 1. The van der Waals surface area contributed by atoms with Crippen molar-refractivity contribution in [1.29, 1.82) is 0 Å². The number of benzene rings is 1. The molecule has 0 aromatic heterocycles. The second-order valence-corrected chi connectivity index (χ2v) is 4.99. The summed E-state index contributed by atoms with van der Waals surface area (Å²) in [5, 5.41) is 3.79. The van der Waals surface area contributed by atoms with Crippen molar-refractivity contribution in [3.05, 3.63) is 24.3 Å². The lowest BCUT2D eigenvalue weighted by molar-refractivity contribution is 1.11. The molecular weight excluding hydrogens is 198 g/mol. The molecule has 1 N–H and O–H groups in total. The van der Waals surface area contributed by atoms with Gasteiger partial charge in [-0.15, -0.1) is 11.8 Å². The summed E-state index contributed by atoms with van der Waals surface area (Å²) in [5.41, 5.74) is 1.13. The van der Waals surface area contributed by atoms with Gasteiger partial charge in [-0.1, -0.05) is 13.8 Å². The van der Waals surface area contributed by atoms with Crippen LogP contribution in [0.1, 0.15) is 13.8 Å². The van der Waals surface area contributed by atoms with Gasteiger partial charge in [0.25, 0.3) is 0 Å². The summed E-state index contributed by atoms with van der Waals surface area (Å²) < 4.78 is 0. The van der Waals surface area contributed by atoms with Crippen LogP contribution in [0.5, 0.6) is 0 Å². The molecule has 0 aliphatic carbocycles. The first-order chi connectivity index (χ1) is 6.22. The molecule has 0 aliphatic heterocycles. The van der Waals surface area contributed by atoms with Gasteiger partial charge in [0.2, 0.25) is 0 Å². The lowest BCUT2D eigenvalue weighted by Gasteiger charge is -2.06. The minimum Gasteiger partial charge on any atom is -0.376 e. The quantitative estimate of drug-likeness (QED) is 0.451. The van der Waals surface area contributed by atoms with Gasteiger partial charge in [-0.3, -0.25) is 0 Å². The van der Waals surface area contributed by atoms with E-state index in [0.29, 0.717) is 11.1 Å². The average molecular weight is 213 g/mol. The highest BCUT2D eigenvalue weighted by molar-refractivity contribution is 7.99. The van der Waals surface area contributed by atoms with Crippen LogP contribution in [-0.2, 0) is 0 Å². The molecule has 0 saturated heterocycles. The van der Waals surface area contributed by atoms with E-state index in [1.54, 1.807) is 0 Å². The van der Waals surface area contributed by atoms with Crippen molar-refractivity contribution >= 4 is 30.1 Å². The Morgan fingerprint density at radius 1 is 1.31 bits per heavy atom. The first kappa shape index (κ1) is 10.8. The molecule has 72 valence electrons. The fraction of sp³-hybridized carbons (Fsp3) is 0.400. The van der Waals surface area contributed by atoms with Crippen LogP contribution in [0.25, 0.3) is 0 Å². The summed E-state index contributed by atoms with van der Waals surface area (Å²) >= 11 is 5.98. The zero-order valence-corrected chi connectivity index (χ0v) is 9.66. The van der Waals surface area contributed by atoms with Crippen LogP contribution in [0.3, 0.4) is 0 Å². The Balaban J connectivity index is 2.59. The summed E-state index contributed by atoms with van der Waals surface area (Å²) in [6.45, 7) is 4.40. The summed E-state index contributed by atoms with van der Waals surface area (Å²) in [6.07, 6.45) is 0. The van der Waals surface area contributed by atoms with Gasteiger partial charge in [0.15, 0.2) is 0 Å². The molecule has 0 atom stereocenters. The van der Waals surface area contributed by atoms with Crippen LogP contribution in [0.4, 0.5) is 5.69 Å². The zero-order chi connectivity index (χ0) is 9.68. The molecule has 0 unspecified atom stereocenters. The van der Waals surface area contributed by atoms with Gasteiger partial charge in [-0.25, -0.2) is 0 Å². The summed E-state index contributed by atoms with van der Waals surface area (Å²) in [7, 11) is 0. The molecule has 13 heavy (non-hydrogen) atoms. The van der Waals surface area contributed by atoms with Crippen molar-refractivity contribution in [2.24, 2.45) is 0 Å². The standard InChI is InChI=1S/C10H15NS2/c1-8(2)13-10-5-3-9(4-6-10)11-7-12/h3-6,8,11-12H,7H2,1-2H3. The second-order valence-electron chi connectivity index (χ2n) is 3.03. The van der Waals surface area contributed by atoms with Crippen LogP contribution in [0, 0.1) is 0 Å². The maximum atomic E-state index is 4.10. The van der Waals surface area contributed by atoms with E-state index >= 15 is 0 Å². The number of rotatable bonds is 4. The summed E-state index contributed by atoms with van der Waals surface area (Å²) in [4.78, 5) is 1.32. The Morgan fingerprint density at radius 2 is 1.92 bits per heavy atom. The topological polar surface area (TPSA) is 12.0 Å². The van der Waals surface area contributed by atoms with E-state index in [1.165, 1.54) is 4.90 Å². The Labute approximate surface area is 89.7 Å². The third-order valence-electron chi connectivity index (χ3n) is 1.51. The molecule has 0 bridgehead atoms. The molecule has 0 radical (unpaired) electrons. The van der Waals surface area contributed by atoms with Crippen LogP contribution >= 0.6 is 24.4 Å². The number of thioether (sulfide) groups is 1. The third kappa shape index (κ3) is 3.96. The molecule has 1 rings (SSSR count). The van der Waals surface area contributed by atoms with Gasteiger partial charge in [0.1, 0.15) is 0 Å². The Morgan fingerprint density at radius 3 is 2.38 bits per heavy atom. The van der Waals surface area contributed by atoms with Gasteiger partial charge in [0, 0.05) is 15.8 Å². The van der Waals surface area contributed by atoms with Crippen LogP contribution in [0.2, 0.25) is 0 Å². The average Bonchev–Trinajstić information content (AvgIpc) is 2.08. The molecule has 0 saturated carbocycles. The van der Waals surface area contributed by atoms with Crippen LogP contribution in [0.15, 0.2) is 29.2 Å². The molecule has 1 aromatic rings. The fourth-order valence-electron chi connectivity index (χ4n) is 1.01. The van der Waals surface area contributed by atoms with E-state index in [0.717, 1.165) is 5.69 Å². The smallest absolute Gasteiger partial charge is 0.0581 e. The summed E-state index contributed by atoms with van der Waals surface area (Å²) in [5.74, 6) is 0.677. The monoisotopic (exact) mass is 213 g/mol. The predicted octanol–water partition coefficient (Wildman–Crippen LogP) is 3.49. The van der Waals surface area contributed by atoms with Gasteiger partial charge in [-0.2, -0.15) is 12.6 Å². The van der Waals surface area contributed by atoms with E-state index in [9.17, 15) is 0 Å². The Kier molecular flexibility index (Phi) is 4.53. The van der Waals surface area contributed by atoms with Crippen molar-refractivity contribution in [1.82, 2.24) is 0 Å². The van der Waals surface area contributed by atoms with Crippen molar-refractivity contribution in [3.8, 4) is 0 Å². The maximum Gasteiger partial charge on any atom is 0.0581 e. The largest absolute Gasteiger partial charge is 0.376 e. The Bertz CT molecular complexity index is 244. The second kappa shape index (κ2) is 5.45. The van der Waals surface area contributed by atoms with Gasteiger partial charge < -0.3 is 5.32 Å². The predicted molar refractivity (Wildman–Crippen MR) is 64.9 cm³/mol. The SMILES string of the molecule is CC(C)Sc1ccc(NCS)cc1. The molecule has 0 spiro atoms. The van der Waals surface area contributed by atoms with Crippen molar-refractivity contribution < 1.29 is 0 Å². The van der Waals surface area contributed by atoms with E-state index in [4.69, 9.17) is 0 Å². The lowest BCUT2D eigenvalue weighted by atomic mass is 10.3. The number of hydrogen-bond acceptors (Lipinski definition) is 3. The molecule has 0 fully saturated rings. The van der Waals surface area contributed by atoms with Gasteiger partial charge >= 0.3 is 0 Å². The molecule has 1 aromatic carbocycles. The van der Waals surface area contributed by atoms with Crippen molar-refractivity contribution in [3.63, 3.8) is 0 Å². The maximum absolute atomic E-state index is 4.10. The van der Waals surface area contributed by atoms with E-state index < -0.39 is 0 Å². The highest BCUT2D eigenvalue weighted by Gasteiger charge is 1.97. The normalized spacial score (nSPS) is 10.5. The number of hydrogen-bond donors (Lipinski definition) is 2. The molecule has 0 amide bonds. The first-order valence-corrected chi connectivity index (χ1v) is 5.85. The number of nitrogens with one attached hydrogen (secondary N) is 1. The first-order valence-electron chi connectivity index (χ1n) is 4.34. The molecular formula is C10H15NS2. The minimum absolute atomic E-state index is 0.642. The lowest BCUT2D eigenvalue weighted by Crippen LogP contribution is -1.93. The molecule has 3 heteroatoms. The van der Waals surface area contributed by atoms with Crippen molar-refractivity contribution in [2.45, 2.75) is 24.0 Å². The Hall–Kier alpha value is -0.280. The zero-order valence-electron chi connectivity index (χ0n) is 7.95. The number of thiol groups is 1. The minimum atomic E-state index is 0.642. The van der Waals surface area contributed by atoms with E-state index in [2.05, 4.69) is 56.1 Å². The summed E-state index contributed by atoms with van der Waals surface area (Å²) in [6, 6.07) is 8.44. The van der Waals surface area contributed by atoms with Crippen molar-refractivity contribution in [2.75, 3.05) is 11.2 Å².